The minimum atomic E-state index is -0.439. The van der Waals surface area contributed by atoms with Gasteiger partial charge in [-0.1, -0.05) is 24.3 Å². The van der Waals surface area contributed by atoms with Crippen LogP contribution in [0.5, 0.6) is 5.75 Å². The third-order valence-electron chi connectivity index (χ3n) is 4.42. The average Bonchev–Trinajstić information content (AvgIpc) is 2.60. The van der Waals surface area contributed by atoms with Crippen molar-refractivity contribution >= 4 is 16.6 Å². The van der Waals surface area contributed by atoms with Crippen LogP contribution in [0.25, 0.3) is 10.9 Å². The first-order valence-corrected chi connectivity index (χ1v) is 8.24. The first-order chi connectivity index (χ1) is 11.7. The summed E-state index contributed by atoms with van der Waals surface area (Å²) in [4.78, 5) is 4.53. The number of fused-ring (bicyclic) bond motifs is 2. The van der Waals surface area contributed by atoms with Gasteiger partial charge in [-0.05, 0) is 36.8 Å². The number of anilines is 1. The largest absolute Gasteiger partial charge is 0.491 e. The van der Waals surface area contributed by atoms with Crippen LogP contribution in [0.15, 0.2) is 48.5 Å². The van der Waals surface area contributed by atoms with Gasteiger partial charge in [0, 0.05) is 29.6 Å². The van der Waals surface area contributed by atoms with E-state index in [-0.39, 0.29) is 0 Å². The van der Waals surface area contributed by atoms with E-state index in [2.05, 4.69) is 34.6 Å². The van der Waals surface area contributed by atoms with Crippen LogP contribution in [0.1, 0.15) is 29.3 Å². The highest BCUT2D eigenvalue weighted by Crippen LogP contribution is 2.38. The van der Waals surface area contributed by atoms with E-state index in [1.54, 1.807) is 0 Å². The van der Waals surface area contributed by atoms with Crippen molar-refractivity contribution < 1.29 is 9.84 Å². The average molecular weight is 320 g/mol. The Labute approximate surface area is 141 Å². The fourth-order valence-corrected chi connectivity index (χ4v) is 3.13. The standard InChI is InChI=1S/C20H20N2O2/c1-13-5-7-15-11-14(6-8-17(15)22-13)12-21-18-4-2-3-16-19(23)9-10-24-20(16)18/h2-8,11,19,21,23H,9-10,12H2,1H3/t19-/m1/s1. The summed E-state index contributed by atoms with van der Waals surface area (Å²) in [7, 11) is 0. The molecule has 0 fully saturated rings. The van der Waals surface area contributed by atoms with Crippen LogP contribution in [0.3, 0.4) is 0 Å². The lowest BCUT2D eigenvalue weighted by atomic mass is 10.0. The predicted molar refractivity (Wildman–Crippen MR) is 95.3 cm³/mol. The Morgan fingerprint density at radius 1 is 1.21 bits per heavy atom. The number of ether oxygens (including phenoxy) is 1. The van der Waals surface area contributed by atoms with Crippen molar-refractivity contribution in [2.24, 2.45) is 0 Å². The lowest BCUT2D eigenvalue weighted by molar-refractivity contribution is 0.116. The molecule has 0 saturated carbocycles. The van der Waals surface area contributed by atoms with E-state index in [9.17, 15) is 5.11 Å². The molecule has 0 bridgehead atoms. The topological polar surface area (TPSA) is 54.4 Å². The quantitative estimate of drug-likeness (QED) is 0.766. The highest BCUT2D eigenvalue weighted by molar-refractivity contribution is 5.79. The molecule has 24 heavy (non-hydrogen) atoms. The van der Waals surface area contributed by atoms with Gasteiger partial charge in [0.25, 0.3) is 0 Å². The number of nitrogens with zero attached hydrogens (tertiary/aromatic N) is 1. The molecule has 0 spiro atoms. The van der Waals surface area contributed by atoms with Gasteiger partial charge in [0.15, 0.2) is 0 Å². The van der Waals surface area contributed by atoms with Crippen molar-refractivity contribution in [2.75, 3.05) is 11.9 Å². The Morgan fingerprint density at radius 2 is 2.12 bits per heavy atom. The molecular formula is C20H20N2O2. The molecule has 1 aliphatic heterocycles. The molecule has 1 aliphatic rings. The summed E-state index contributed by atoms with van der Waals surface area (Å²) >= 11 is 0. The molecule has 0 amide bonds. The first kappa shape index (κ1) is 15.0. The van der Waals surface area contributed by atoms with E-state index in [0.717, 1.165) is 33.6 Å². The number of aliphatic hydroxyl groups excluding tert-OH is 1. The molecule has 1 aromatic heterocycles. The van der Waals surface area contributed by atoms with Gasteiger partial charge in [0.05, 0.1) is 23.9 Å². The zero-order chi connectivity index (χ0) is 16.5. The van der Waals surface area contributed by atoms with Crippen LogP contribution in [0.4, 0.5) is 5.69 Å². The summed E-state index contributed by atoms with van der Waals surface area (Å²) < 4.78 is 5.76. The van der Waals surface area contributed by atoms with Gasteiger partial charge in [-0.15, -0.1) is 0 Å². The second-order valence-corrected chi connectivity index (χ2v) is 6.21. The molecule has 122 valence electrons. The van der Waals surface area contributed by atoms with Crippen molar-refractivity contribution in [3.05, 3.63) is 65.4 Å². The molecule has 0 saturated heterocycles. The minimum absolute atomic E-state index is 0.439. The molecule has 3 aromatic rings. The lowest BCUT2D eigenvalue weighted by Crippen LogP contribution is -2.15. The van der Waals surface area contributed by atoms with Crippen LogP contribution in [0, 0.1) is 6.92 Å². The number of rotatable bonds is 3. The van der Waals surface area contributed by atoms with Gasteiger partial charge < -0.3 is 15.2 Å². The Morgan fingerprint density at radius 3 is 3.04 bits per heavy atom. The fraction of sp³-hybridized carbons (Fsp3) is 0.250. The van der Waals surface area contributed by atoms with Crippen LogP contribution < -0.4 is 10.1 Å². The van der Waals surface area contributed by atoms with E-state index in [1.807, 2.05) is 31.2 Å². The van der Waals surface area contributed by atoms with Gasteiger partial charge in [0.1, 0.15) is 5.75 Å². The summed E-state index contributed by atoms with van der Waals surface area (Å²) in [5.41, 5.74) is 5.02. The van der Waals surface area contributed by atoms with E-state index in [4.69, 9.17) is 4.74 Å². The molecule has 2 heterocycles. The van der Waals surface area contributed by atoms with Gasteiger partial charge in [-0.25, -0.2) is 0 Å². The number of hydrogen-bond donors (Lipinski definition) is 2. The summed E-state index contributed by atoms with van der Waals surface area (Å²) in [5, 5.41) is 14.7. The van der Waals surface area contributed by atoms with Crippen molar-refractivity contribution in [3.8, 4) is 5.75 Å². The number of aliphatic hydroxyl groups is 1. The third kappa shape index (κ3) is 2.81. The highest BCUT2D eigenvalue weighted by Gasteiger charge is 2.21. The maximum atomic E-state index is 10.1. The molecule has 4 heteroatoms. The van der Waals surface area contributed by atoms with Crippen LogP contribution in [-0.4, -0.2) is 16.7 Å². The number of hydrogen-bond acceptors (Lipinski definition) is 4. The zero-order valence-corrected chi connectivity index (χ0v) is 13.6. The summed E-state index contributed by atoms with van der Waals surface area (Å²) in [6.07, 6.45) is 0.207. The molecule has 2 aromatic carbocycles. The smallest absolute Gasteiger partial charge is 0.148 e. The van der Waals surface area contributed by atoms with Gasteiger partial charge in [-0.2, -0.15) is 0 Å². The summed E-state index contributed by atoms with van der Waals surface area (Å²) in [6.45, 7) is 3.25. The first-order valence-electron chi connectivity index (χ1n) is 8.24. The normalized spacial score (nSPS) is 16.5. The third-order valence-corrected chi connectivity index (χ3v) is 4.42. The highest BCUT2D eigenvalue weighted by atomic mass is 16.5. The lowest BCUT2D eigenvalue weighted by Gasteiger charge is -2.24. The molecule has 0 aliphatic carbocycles. The number of pyridine rings is 1. The number of nitrogens with one attached hydrogen (secondary N) is 1. The monoisotopic (exact) mass is 320 g/mol. The fourth-order valence-electron chi connectivity index (χ4n) is 3.13. The number of benzene rings is 2. The SMILES string of the molecule is Cc1ccc2cc(CNc3cccc4c3OCC[C@H]4O)ccc2n1. The van der Waals surface area contributed by atoms with E-state index >= 15 is 0 Å². The Kier molecular flexibility index (Phi) is 3.82. The Bertz CT molecular complexity index is 892. The predicted octanol–water partition coefficient (Wildman–Crippen LogP) is 3.97. The van der Waals surface area contributed by atoms with E-state index in [1.165, 1.54) is 5.56 Å². The molecule has 2 N–H and O–H groups in total. The van der Waals surface area contributed by atoms with Gasteiger partial charge >= 0.3 is 0 Å². The van der Waals surface area contributed by atoms with Crippen molar-refractivity contribution in [1.29, 1.82) is 0 Å². The van der Waals surface area contributed by atoms with E-state index < -0.39 is 6.10 Å². The maximum absolute atomic E-state index is 10.1. The Balaban J connectivity index is 1.57. The number of aryl methyl sites for hydroxylation is 1. The van der Waals surface area contributed by atoms with Gasteiger partial charge in [0.2, 0.25) is 0 Å². The number of aromatic nitrogens is 1. The second kappa shape index (κ2) is 6.13. The molecule has 4 nitrogen and oxygen atoms in total. The van der Waals surface area contributed by atoms with E-state index in [0.29, 0.717) is 19.6 Å². The molecule has 0 unspecified atom stereocenters. The summed E-state index contributed by atoms with van der Waals surface area (Å²) in [6, 6.07) is 16.3. The molecule has 4 rings (SSSR count). The summed E-state index contributed by atoms with van der Waals surface area (Å²) in [5.74, 6) is 0.773. The number of para-hydroxylation sites is 1. The minimum Gasteiger partial charge on any atom is -0.491 e. The Hall–Kier alpha value is -2.59. The van der Waals surface area contributed by atoms with Crippen molar-refractivity contribution in [3.63, 3.8) is 0 Å². The van der Waals surface area contributed by atoms with Crippen molar-refractivity contribution in [1.82, 2.24) is 4.98 Å². The molecule has 0 radical (unpaired) electrons. The van der Waals surface area contributed by atoms with Crippen LogP contribution in [0.2, 0.25) is 0 Å². The van der Waals surface area contributed by atoms with Crippen LogP contribution >= 0.6 is 0 Å². The van der Waals surface area contributed by atoms with Crippen molar-refractivity contribution in [2.45, 2.75) is 26.0 Å². The molecule has 1 atom stereocenters. The van der Waals surface area contributed by atoms with Gasteiger partial charge in [-0.3, -0.25) is 4.98 Å². The molecular weight excluding hydrogens is 300 g/mol. The maximum Gasteiger partial charge on any atom is 0.148 e. The van der Waals surface area contributed by atoms with Crippen LogP contribution in [-0.2, 0) is 6.54 Å². The second-order valence-electron chi connectivity index (χ2n) is 6.21. The zero-order valence-electron chi connectivity index (χ0n) is 13.6.